The molecule has 0 aromatic carbocycles. The maximum atomic E-state index is 10.1. The molecule has 0 heterocycles. The molecular weight excluding hydrogens is 170 g/mol. The molecule has 0 fully saturated rings. The Bertz CT molecular complexity index is 136. The summed E-state index contributed by atoms with van der Waals surface area (Å²) in [5.41, 5.74) is -2.10. The van der Waals surface area contributed by atoms with Crippen molar-refractivity contribution in [2.45, 2.75) is 24.7 Å². The minimum atomic E-state index is -1.18. The Morgan fingerprint density at radius 2 is 1.54 bits per heavy atom. The van der Waals surface area contributed by atoms with Gasteiger partial charge in [-0.2, -0.15) is 0 Å². The van der Waals surface area contributed by atoms with E-state index in [2.05, 4.69) is 16.0 Å². The van der Waals surface area contributed by atoms with E-state index in [4.69, 9.17) is 0 Å². The van der Waals surface area contributed by atoms with Gasteiger partial charge < -0.3 is 10.2 Å². The third-order valence-electron chi connectivity index (χ3n) is 2.72. The zero-order valence-electron chi connectivity index (χ0n) is 8.81. The lowest BCUT2D eigenvalue weighted by molar-refractivity contribution is -0.108. The van der Waals surface area contributed by atoms with Gasteiger partial charge in [0, 0.05) is 0 Å². The third kappa shape index (κ3) is 2.00. The van der Waals surface area contributed by atoms with Gasteiger partial charge in [-0.05, 0) is 27.6 Å². The fourth-order valence-corrected chi connectivity index (χ4v) is 1.52. The molecule has 1 unspecified atom stereocenters. The minimum absolute atomic E-state index is 0.203. The van der Waals surface area contributed by atoms with Crippen LogP contribution in [0, 0.1) is 0 Å². The highest BCUT2D eigenvalue weighted by Crippen LogP contribution is 2.19. The molecule has 0 aliphatic heterocycles. The van der Waals surface area contributed by atoms with Crippen LogP contribution in [0.2, 0.25) is 0 Å². The van der Waals surface area contributed by atoms with Crippen LogP contribution in [-0.2, 0) is 0 Å². The van der Waals surface area contributed by atoms with Crippen LogP contribution in [-0.4, -0.2) is 49.4 Å². The van der Waals surface area contributed by atoms with Gasteiger partial charge in [-0.15, -0.1) is 0 Å². The molecule has 13 heavy (non-hydrogen) atoms. The number of aliphatic hydroxyl groups excluding tert-OH is 1. The molecule has 0 saturated carbocycles. The number of nitrogens with one attached hydrogen (secondary N) is 3. The smallest absolute Gasteiger partial charge is 0.149 e. The summed E-state index contributed by atoms with van der Waals surface area (Å²) in [5, 5.41) is 28.0. The summed E-state index contributed by atoms with van der Waals surface area (Å²) in [6.45, 7) is 1.64. The average molecular weight is 191 g/mol. The largest absolute Gasteiger partial charge is 0.393 e. The van der Waals surface area contributed by atoms with Crippen molar-refractivity contribution in [1.29, 1.82) is 0 Å². The van der Waals surface area contributed by atoms with Crippen LogP contribution in [0.4, 0.5) is 0 Å². The molecule has 0 aromatic heterocycles. The Hall–Kier alpha value is -0.200. The number of rotatable bonds is 6. The van der Waals surface area contributed by atoms with Gasteiger partial charge in [-0.3, -0.25) is 16.0 Å². The third-order valence-corrected chi connectivity index (χ3v) is 2.72. The summed E-state index contributed by atoms with van der Waals surface area (Å²) in [7, 11) is 5.03. The van der Waals surface area contributed by atoms with Gasteiger partial charge >= 0.3 is 0 Å². The van der Waals surface area contributed by atoms with E-state index >= 15 is 0 Å². The normalized spacial score (nSPS) is 17.1. The van der Waals surface area contributed by atoms with Crippen molar-refractivity contribution in [2.75, 3.05) is 27.7 Å². The lowest BCUT2D eigenvalue weighted by atomic mass is 9.94. The average Bonchev–Trinajstić information content (AvgIpc) is 2.20. The van der Waals surface area contributed by atoms with Crippen LogP contribution in [0.1, 0.15) is 13.3 Å². The van der Waals surface area contributed by atoms with E-state index in [-0.39, 0.29) is 6.61 Å². The Kier molecular flexibility index (Phi) is 4.80. The van der Waals surface area contributed by atoms with Crippen molar-refractivity contribution in [2.24, 2.45) is 0 Å². The lowest BCUT2D eigenvalue weighted by Gasteiger charge is -2.45. The SMILES string of the molecule is CCC(O)(NC)C(CO)(NC)NC. The number of hydrogen-bond donors (Lipinski definition) is 5. The molecule has 0 radical (unpaired) electrons. The fraction of sp³-hybridized carbons (Fsp3) is 1.00. The molecule has 0 bridgehead atoms. The Morgan fingerprint density at radius 1 is 1.08 bits per heavy atom. The summed E-state index contributed by atoms with van der Waals surface area (Å²) in [6, 6.07) is 0. The number of likely N-dealkylation sites (N-methyl/N-ethyl adjacent to an activating group) is 3. The molecule has 0 amide bonds. The van der Waals surface area contributed by atoms with Crippen molar-refractivity contribution in [1.82, 2.24) is 16.0 Å². The molecule has 5 heteroatoms. The summed E-state index contributed by atoms with van der Waals surface area (Å²) in [4.78, 5) is 0. The Balaban J connectivity index is 4.87. The summed E-state index contributed by atoms with van der Waals surface area (Å²) in [6.07, 6.45) is 0.478. The molecule has 0 saturated heterocycles. The van der Waals surface area contributed by atoms with Crippen molar-refractivity contribution in [3.8, 4) is 0 Å². The first-order chi connectivity index (χ1) is 6.05. The molecule has 0 aliphatic carbocycles. The molecule has 1 atom stereocenters. The minimum Gasteiger partial charge on any atom is -0.393 e. The standard InChI is InChI=1S/C8H21N3O2/c1-5-8(13,11-4)7(6-12,9-2)10-3/h9-13H,5-6H2,1-4H3. The molecule has 0 rings (SSSR count). The number of hydrogen-bond acceptors (Lipinski definition) is 5. The molecule has 5 nitrogen and oxygen atoms in total. The van der Waals surface area contributed by atoms with Gasteiger partial charge in [0.1, 0.15) is 11.4 Å². The summed E-state index contributed by atoms with van der Waals surface area (Å²) in [5.74, 6) is 0. The first kappa shape index (κ1) is 12.8. The van der Waals surface area contributed by atoms with Crippen molar-refractivity contribution < 1.29 is 10.2 Å². The van der Waals surface area contributed by atoms with Crippen LogP contribution in [0.15, 0.2) is 0 Å². The Morgan fingerprint density at radius 3 is 1.62 bits per heavy atom. The highest BCUT2D eigenvalue weighted by atomic mass is 16.3. The van der Waals surface area contributed by atoms with E-state index in [1.54, 1.807) is 21.1 Å². The molecular formula is C8H21N3O2. The monoisotopic (exact) mass is 191 g/mol. The molecule has 0 spiro atoms. The molecule has 80 valence electrons. The van der Waals surface area contributed by atoms with Gasteiger partial charge in [0.05, 0.1) is 6.61 Å². The predicted molar refractivity (Wildman–Crippen MR) is 52.2 cm³/mol. The second-order valence-corrected chi connectivity index (χ2v) is 3.03. The second-order valence-electron chi connectivity index (χ2n) is 3.03. The summed E-state index contributed by atoms with van der Waals surface area (Å²) < 4.78 is 0. The van der Waals surface area contributed by atoms with Crippen LogP contribution in [0.25, 0.3) is 0 Å². The van der Waals surface area contributed by atoms with Gasteiger partial charge in [-0.1, -0.05) is 6.92 Å². The lowest BCUT2D eigenvalue weighted by Crippen LogP contribution is -2.75. The zero-order valence-corrected chi connectivity index (χ0v) is 8.81. The van der Waals surface area contributed by atoms with Crippen LogP contribution >= 0.6 is 0 Å². The van der Waals surface area contributed by atoms with Gasteiger partial charge in [0.25, 0.3) is 0 Å². The summed E-state index contributed by atoms with van der Waals surface area (Å²) >= 11 is 0. The molecule has 0 aliphatic rings. The van der Waals surface area contributed by atoms with E-state index in [9.17, 15) is 10.2 Å². The van der Waals surface area contributed by atoms with Crippen LogP contribution in [0.3, 0.4) is 0 Å². The highest BCUT2D eigenvalue weighted by Gasteiger charge is 2.46. The van der Waals surface area contributed by atoms with Gasteiger partial charge in [0.2, 0.25) is 0 Å². The molecule has 0 aromatic rings. The van der Waals surface area contributed by atoms with Crippen molar-refractivity contribution >= 4 is 0 Å². The zero-order chi connectivity index (χ0) is 10.5. The first-order valence-corrected chi connectivity index (χ1v) is 4.45. The second kappa shape index (κ2) is 4.88. The van der Waals surface area contributed by atoms with Crippen LogP contribution < -0.4 is 16.0 Å². The van der Waals surface area contributed by atoms with E-state index < -0.39 is 11.4 Å². The van der Waals surface area contributed by atoms with Crippen molar-refractivity contribution in [3.05, 3.63) is 0 Å². The predicted octanol–water partition coefficient (Wildman–Crippen LogP) is -1.57. The maximum absolute atomic E-state index is 10.1. The van der Waals surface area contributed by atoms with E-state index in [1.165, 1.54) is 0 Å². The number of aliphatic hydroxyl groups is 2. The van der Waals surface area contributed by atoms with Crippen molar-refractivity contribution in [3.63, 3.8) is 0 Å². The topological polar surface area (TPSA) is 76.5 Å². The van der Waals surface area contributed by atoms with E-state index in [0.717, 1.165) is 0 Å². The molecule has 5 N–H and O–H groups in total. The van der Waals surface area contributed by atoms with E-state index in [0.29, 0.717) is 6.42 Å². The Labute approximate surface area is 79.5 Å². The highest BCUT2D eigenvalue weighted by molar-refractivity contribution is 4.99. The first-order valence-electron chi connectivity index (χ1n) is 4.45. The van der Waals surface area contributed by atoms with Gasteiger partial charge in [0.15, 0.2) is 0 Å². The fourth-order valence-electron chi connectivity index (χ4n) is 1.52. The van der Waals surface area contributed by atoms with Gasteiger partial charge in [-0.25, -0.2) is 0 Å². The maximum Gasteiger partial charge on any atom is 0.149 e. The van der Waals surface area contributed by atoms with Crippen LogP contribution in [0.5, 0.6) is 0 Å². The van der Waals surface area contributed by atoms with E-state index in [1.807, 2.05) is 6.92 Å². The quantitative estimate of drug-likeness (QED) is 0.328.